The molecule has 0 saturated heterocycles. The number of amides is 1. The highest BCUT2D eigenvalue weighted by Crippen LogP contribution is 2.21. The summed E-state index contributed by atoms with van der Waals surface area (Å²) in [5, 5.41) is 2.97. The lowest BCUT2D eigenvalue weighted by atomic mass is 9.98. The molecule has 0 aliphatic rings. The molecule has 4 aromatic rings. The number of methoxy groups -OCH3 is 1. The molecule has 172 valence electrons. The van der Waals surface area contributed by atoms with Crippen molar-refractivity contribution in [3.05, 3.63) is 105 Å². The van der Waals surface area contributed by atoms with Crippen LogP contribution >= 0.6 is 0 Å². The van der Waals surface area contributed by atoms with Crippen molar-refractivity contribution in [1.29, 1.82) is 0 Å². The molecule has 34 heavy (non-hydrogen) atoms. The van der Waals surface area contributed by atoms with Crippen LogP contribution in [-0.2, 0) is 11.3 Å². The number of halogens is 1. The molecule has 0 radical (unpaired) electrons. The van der Waals surface area contributed by atoms with Gasteiger partial charge in [0.15, 0.2) is 5.78 Å². The first kappa shape index (κ1) is 22.9. The molecule has 0 saturated carbocycles. The van der Waals surface area contributed by atoms with Crippen LogP contribution in [0.1, 0.15) is 27.0 Å². The summed E-state index contributed by atoms with van der Waals surface area (Å²) < 4.78 is 20.0. The molecule has 0 aliphatic heterocycles. The van der Waals surface area contributed by atoms with Gasteiger partial charge in [0.05, 0.1) is 23.6 Å². The number of nitrogens with one attached hydrogen (secondary N) is 1. The second-order valence-electron chi connectivity index (χ2n) is 8.07. The number of rotatable bonds is 6. The summed E-state index contributed by atoms with van der Waals surface area (Å²) in [4.78, 5) is 39.3. The van der Waals surface area contributed by atoms with Crippen molar-refractivity contribution in [1.82, 2.24) is 4.57 Å². The molecule has 3 aromatic carbocycles. The standard InChI is InChI=1S/C27H23FN2O4/c1-16-4-5-18(12-17(16)2)26(32)23-14-30(15-25(31)29-20-8-6-19(28)7-9-20)24-11-10-21(34-3)13-22(24)27(23)33/h4-14H,15H2,1-3H3,(H,29,31). The van der Waals surface area contributed by atoms with Crippen LogP contribution in [0.25, 0.3) is 10.9 Å². The molecule has 6 nitrogen and oxygen atoms in total. The summed E-state index contributed by atoms with van der Waals surface area (Å²) in [5.74, 6) is -0.766. The molecule has 1 amide bonds. The normalized spacial score (nSPS) is 10.8. The van der Waals surface area contributed by atoms with Crippen molar-refractivity contribution in [2.75, 3.05) is 12.4 Å². The van der Waals surface area contributed by atoms with Gasteiger partial charge in [-0.1, -0.05) is 12.1 Å². The third-order valence-corrected chi connectivity index (χ3v) is 5.74. The smallest absolute Gasteiger partial charge is 0.244 e. The van der Waals surface area contributed by atoms with Gasteiger partial charge in [-0.05, 0) is 73.5 Å². The summed E-state index contributed by atoms with van der Waals surface area (Å²) in [7, 11) is 1.49. The molecule has 1 N–H and O–H groups in total. The fourth-order valence-corrected chi connectivity index (χ4v) is 3.72. The Hall–Kier alpha value is -4.26. The van der Waals surface area contributed by atoms with Crippen molar-refractivity contribution in [3.8, 4) is 5.75 Å². The molecule has 0 aliphatic carbocycles. The Balaban J connectivity index is 1.78. The number of aromatic nitrogens is 1. The van der Waals surface area contributed by atoms with Gasteiger partial charge in [0.2, 0.25) is 11.3 Å². The topological polar surface area (TPSA) is 77.4 Å². The number of carbonyl (C=O) groups excluding carboxylic acids is 2. The molecule has 0 fully saturated rings. The van der Waals surface area contributed by atoms with Gasteiger partial charge in [0, 0.05) is 17.4 Å². The lowest BCUT2D eigenvalue weighted by Crippen LogP contribution is -2.24. The Bertz CT molecular complexity index is 1470. The van der Waals surface area contributed by atoms with E-state index in [9.17, 15) is 18.8 Å². The van der Waals surface area contributed by atoms with E-state index in [0.717, 1.165) is 11.1 Å². The van der Waals surface area contributed by atoms with Crippen LogP contribution in [0.3, 0.4) is 0 Å². The van der Waals surface area contributed by atoms with Gasteiger partial charge in [-0.15, -0.1) is 0 Å². The zero-order valence-corrected chi connectivity index (χ0v) is 19.0. The monoisotopic (exact) mass is 458 g/mol. The molecule has 0 bridgehead atoms. The SMILES string of the molecule is COc1ccc2c(c1)c(=O)c(C(=O)c1ccc(C)c(C)c1)cn2CC(=O)Nc1ccc(F)cc1. The van der Waals surface area contributed by atoms with E-state index in [0.29, 0.717) is 22.5 Å². The van der Waals surface area contributed by atoms with E-state index in [2.05, 4.69) is 5.32 Å². The predicted octanol–water partition coefficient (Wildman–Crippen LogP) is 4.64. The Morgan fingerprint density at radius 1 is 0.971 bits per heavy atom. The van der Waals surface area contributed by atoms with Gasteiger partial charge in [-0.3, -0.25) is 14.4 Å². The van der Waals surface area contributed by atoms with Crippen LogP contribution in [0.15, 0.2) is 71.7 Å². The highest BCUT2D eigenvalue weighted by Gasteiger charge is 2.19. The van der Waals surface area contributed by atoms with E-state index < -0.39 is 22.9 Å². The van der Waals surface area contributed by atoms with Crippen LogP contribution < -0.4 is 15.5 Å². The van der Waals surface area contributed by atoms with Crippen LogP contribution in [-0.4, -0.2) is 23.4 Å². The number of hydrogen-bond donors (Lipinski definition) is 1. The van der Waals surface area contributed by atoms with Crippen molar-refractivity contribution < 1.29 is 18.7 Å². The number of carbonyl (C=O) groups is 2. The first-order chi connectivity index (χ1) is 16.3. The highest BCUT2D eigenvalue weighted by atomic mass is 19.1. The van der Waals surface area contributed by atoms with Crippen LogP contribution in [0, 0.1) is 19.7 Å². The Morgan fingerprint density at radius 3 is 2.38 bits per heavy atom. The summed E-state index contributed by atoms with van der Waals surface area (Å²) in [6.07, 6.45) is 1.42. The maximum atomic E-state index is 13.3. The third-order valence-electron chi connectivity index (χ3n) is 5.74. The van der Waals surface area contributed by atoms with Gasteiger partial charge < -0.3 is 14.6 Å². The number of anilines is 1. The van der Waals surface area contributed by atoms with Crippen molar-refractivity contribution in [3.63, 3.8) is 0 Å². The molecule has 1 aromatic heterocycles. The van der Waals surface area contributed by atoms with Gasteiger partial charge in [-0.2, -0.15) is 0 Å². The number of hydrogen-bond acceptors (Lipinski definition) is 4. The number of benzene rings is 3. The molecule has 0 spiro atoms. The summed E-state index contributed by atoms with van der Waals surface area (Å²) in [6.45, 7) is 3.68. The van der Waals surface area contributed by atoms with Crippen molar-refractivity contribution >= 4 is 28.3 Å². The minimum absolute atomic E-state index is 0.0430. The minimum Gasteiger partial charge on any atom is -0.497 e. The average molecular weight is 458 g/mol. The Kier molecular flexibility index (Phi) is 6.27. The van der Waals surface area contributed by atoms with E-state index >= 15 is 0 Å². The first-order valence-corrected chi connectivity index (χ1v) is 10.7. The second-order valence-corrected chi connectivity index (χ2v) is 8.07. The highest BCUT2D eigenvalue weighted by molar-refractivity contribution is 6.10. The summed E-state index contributed by atoms with van der Waals surface area (Å²) >= 11 is 0. The van der Waals surface area contributed by atoms with E-state index in [-0.39, 0.29) is 17.5 Å². The van der Waals surface area contributed by atoms with Crippen LogP contribution in [0.5, 0.6) is 5.75 Å². The molecule has 1 heterocycles. The molecule has 4 rings (SSSR count). The zero-order valence-electron chi connectivity index (χ0n) is 19.0. The maximum Gasteiger partial charge on any atom is 0.244 e. The maximum absolute atomic E-state index is 13.3. The lowest BCUT2D eigenvalue weighted by Gasteiger charge is -2.14. The van der Waals surface area contributed by atoms with Gasteiger partial charge in [0.25, 0.3) is 0 Å². The molecule has 0 atom stereocenters. The average Bonchev–Trinajstić information content (AvgIpc) is 2.83. The van der Waals surface area contributed by atoms with Gasteiger partial charge in [-0.25, -0.2) is 4.39 Å². The molecule has 0 unspecified atom stereocenters. The molecular formula is C27H23FN2O4. The predicted molar refractivity (Wildman–Crippen MR) is 129 cm³/mol. The number of fused-ring (bicyclic) bond motifs is 1. The number of nitrogens with zero attached hydrogens (tertiary/aromatic N) is 1. The Morgan fingerprint density at radius 2 is 1.71 bits per heavy atom. The third kappa shape index (κ3) is 4.59. The fourth-order valence-electron chi connectivity index (χ4n) is 3.72. The van der Waals surface area contributed by atoms with Crippen molar-refractivity contribution in [2.45, 2.75) is 20.4 Å². The fraction of sp³-hybridized carbons (Fsp3) is 0.148. The minimum atomic E-state index is -0.438. The largest absolute Gasteiger partial charge is 0.497 e. The zero-order chi connectivity index (χ0) is 24.4. The second kappa shape index (κ2) is 9.31. The first-order valence-electron chi connectivity index (χ1n) is 10.7. The van der Waals surface area contributed by atoms with Crippen molar-refractivity contribution in [2.24, 2.45) is 0 Å². The van der Waals surface area contributed by atoms with Crippen LogP contribution in [0.2, 0.25) is 0 Å². The Labute approximate surface area is 195 Å². The van der Waals surface area contributed by atoms with Gasteiger partial charge in [0.1, 0.15) is 18.1 Å². The van der Waals surface area contributed by atoms with E-state index in [1.807, 2.05) is 19.9 Å². The number of pyridine rings is 1. The van der Waals surface area contributed by atoms with Crippen LogP contribution in [0.4, 0.5) is 10.1 Å². The van der Waals surface area contributed by atoms with Gasteiger partial charge >= 0.3 is 0 Å². The number of ketones is 1. The summed E-state index contributed by atoms with van der Waals surface area (Å²) in [6, 6.07) is 15.6. The van der Waals surface area contributed by atoms with E-state index in [4.69, 9.17) is 4.74 Å². The van der Waals surface area contributed by atoms with E-state index in [1.165, 1.54) is 37.6 Å². The quantitative estimate of drug-likeness (QED) is 0.427. The molecular weight excluding hydrogens is 435 g/mol. The lowest BCUT2D eigenvalue weighted by molar-refractivity contribution is -0.116. The van der Waals surface area contributed by atoms with E-state index in [1.54, 1.807) is 34.9 Å². The number of aryl methyl sites for hydroxylation is 2. The molecule has 7 heteroatoms. The number of ether oxygens (including phenoxy) is 1. The summed E-state index contributed by atoms with van der Waals surface area (Å²) in [5.41, 5.74) is 2.80.